The Bertz CT molecular complexity index is 788. The average molecular weight is 372 g/mol. The molecule has 3 rings (SSSR count). The van der Waals surface area contributed by atoms with Crippen LogP contribution in [0, 0.1) is 10.1 Å². The minimum Gasteiger partial charge on any atom is -0.378 e. The first-order chi connectivity index (χ1) is 12.9. The van der Waals surface area contributed by atoms with Crippen LogP contribution in [0.4, 0.5) is 17.5 Å². The van der Waals surface area contributed by atoms with Crippen molar-refractivity contribution in [3.8, 4) is 0 Å². The molecule has 2 aromatic rings. The summed E-state index contributed by atoms with van der Waals surface area (Å²) in [5.74, 6) is 0.111. The van der Waals surface area contributed by atoms with Gasteiger partial charge in [0, 0.05) is 26.2 Å². The molecule has 1 aliphatic rings. The molecule has 1 aliphatic heterocycles. The molecule has 0 radical (unpaired) electrons. The van der Waals surface area contributed by atoms with Crippen LogP contribution in [0.3, 0.4) is 0 Å². The van der Waals surface area contributed by atoms with E-state index in [0.717, 1.165) is 31.4 Å². The highest BCUT2D eigenvalue weighted by atomic mass is 16.6. The Morgan fingerprint density at radius 1 is 1.26 bits per heavy atom. The predicted molar refractivity (Wildman–Crippen MR) is 102 cm³/mol. The zero-order valence-corrected chi connectivity index (χ0v) is 15.5. The SMILES string of the molecule is CC1CN(Cc2ccc(CNc3ncc([N+](=O)[O-])c(N)n3)cc2)CC(C)O1. The van der Waals surface area contributed by atoms with Crippen LogP contribution in [-0.2, 0) is 17.8 Å². The number of aromatic nitrogens is 2. The molecule has 2 atom stereocenters. The van der Waals surface area contributed by atoms with Gasteiger partial charge in [-0.2, -0.15) is 4.98 Å². The van der Waals surface area contributed by atoms with Gasteiger partial charge in [-0.3, -0.25) is 15.0 Å². The molecule has 0 aliphatic carbocycles. The Balaban J connectivity index is 1.55. The summed E-state index contributed by atoms with van der Waals surface area (Å²) in [5.41, 5.74) is 7.58. The number of hydrogen-bond acceptors (Lipinski definition) is 8. The summed E-state index contributed by atoms with van der Waals surface area (Å²) in [5, 5.41) is 13.8. The van der Waals surface area contributed by atoms with E-state index in [-0.39, 0.29) is 29.7 Å². The Kier molecular flexibility index (Phi) is 5.82. The molecule has 9 nitrogen and oxygen atoms in total. The molecule has 1 saturated heterocycles. The van der Waals surface area contributed by atoms with Gasteiger partial charge in [0.25, 0.3) is 0 Å². The Hall–Kier alpha value is -2.78. The maximum atomic E-state index is 10.7. The van der Waals surface area contributed by atoms with Crippen molar-refractivity contribution >= 4 is 17.5 Å². The lowest BCUT2D eigenvalue weighted by Crippen LogP contribution is -2.44. The van der Waals surface area contributed by atoms with E-state index in [1.165, 1.54) is 5.56 Å². The first-order valence-electron chi connectivity index (χ1n) is 8.87. The van der Waals surface area contributed by atoms with Gasteiger partial charge in [0.2, 0.25) is 11.8 Å². The molecule has 27 heavy (non-hydrogen) atoms. The van der Waals surface area contributed by atoms with Gasteiger partial charge >= 0.3 is 5.69 Å². The van der Waals surface area contributed by atoms with E-state index in [1.807, 2.05) is 12.1 Å². The van der Waals surface area contributed by atoms with Crippen molar-refractivity contribution < 1.29 is 9.66 Å². The Labute approximate surface area is 157 Å². The lowest BCUT2D eigenvalue weighted by Gasteiger charge is -2.35. The maximum Gasteiger partial charge on any atom is 0.329 e. The van der Waals surface area contributed by atoms with E-state index in [4.69, 9.17) is 10.5 Å². The third-order valence-electron chi connectivity index (χ3n) is 4.37. The molecule has 1 aromatic carbocycles. The van der Waals surface area contributed by atoms with Crippen molar-refractivity contribution in [3.63, 3.8) is 0 Å². The minimum absolute atomic E-state index is 0.151. The third-order valence-corrected chi connectivity index (χ3v) is 4.37. The van der Waals surface area contributed by atoms with Gasteiger partial charge in [0.1, 0.15) is 6.20 Å². The number of nitro groups is 1. The second-order valence-electron chi connectivity index (χ2n) is 6.84. The quantitative estimate of drug-likeness (QED) is 0.585. The summed E-state index contributed by atoms with van der Waals surface area (Å²) in [6.07, 6.45) is 1.62. The highest BCUT2D eigenvalue weighted by Gasteiger charge is 2.22. The van der Waals surface area contributed by atoms with Crippen LogP contribution < -0.4 is 11.1 Å². The zero-order valence-electron chi connectivity index (χ0n) is 15.5. The van der Waals surface area contributed by atoms with Gasteiger partial charge in [0.05, 0.1) is 17.1 Å². The topological polar surface area (TPSA) is 119 Å². The van der Waals surface area contributed by atoms with Crippen molar-refractivity contribution in [2.24, 2.45) is 0 Å². The van der Waals surface area contributed by atoms with E-state index in [0.29, 0.717) is 6.54 Å². The molecule has 9 heteroatoms. The first-order valence-corrected chi connectivity index (χ1v) is 8.87. The number of benzene rings is 1. The molecule has 0 amide bonds. The zero-order chi connectivity index (χ0) is 19.4. The highest BCUT2D eigenvalue weighted by Crippen LogP contribution is 2.19. The van der Waals surface area contributed by atoms with Gasteiger partial charge in [-0.25, -0.2) is 4.98 Å². The fraction of sp³-hybridized carbons (Fsp3) is 0.444. The molecular weight excluding hydrogens is 348 g/mol. The van der Waals surface area contributed by atoms with Crippen molar-refractivity contribution in [1.29, 1.82) is 0 Å². The number of nitrogens with zero attached hydrogens (tertiary/aromatic N) is 4. The molecule has 0 spiro atoms. The molecule has 0 saturated carbocycles. The van der Waals surface area contributed by atoms with Crippen molar-refractivity contribution in [2.45, 2.75) is 39.1 Å². The summed E-state index contributed by atoms with van der Waals surface area (Å²) in [7, 11) is 0. The standard InChI is InChI=1S/C18H24N6O3/c1-12-9-23(10-13(2)27-12)11-15-5-3-14(4-6-15)7-20-18-21-8-16(24(25)26)17(19)22-18/h3-6,8,12-13H,7,9-11H2,1-2H3,(H3,19,20,21,22). The van der Waals surface area contributed by atoms with Gasteiger partial charge in [-0.1, -0.05) is 24.3 Å². The van der Waals surface area contributed by atoms with Crippen molar-refractivity contribution in [2.75, 3.05) is 24.1 Å². The number of nitrogens with two attached hydrogens (primary N) is 1. The summed E-state index contributed by atoms with van der Waals surface area (Å²) >= 11 is 0. The number of nitrogens with one attached hydrogen (secondary N) is 1. The Morgan fingerprint density at radius 3 is 2.48 bits per heavy atom. The van der Waals surface area contributed by atoms with Crippen LogP contribution in [-0.4, -0.2) is 45.1 Å². The smallest absolute Gasteiger partial charge is 0.329 e. The van der Waals surface area contributed by atoms with E-state index in [9.17, 15) is 10.1 Å². The van der Waals surface area contributed by atoms with Gasteiger partial charge in [0.15, 0.2) is 0 Å². The molecule has 1 fully saturated rings. The van der Waals surface area contributed by atoms with Crippen molar-refractivity contribution in [1.82, 2.24) is 14.9 Å². The number of rotatable bonds is 6. The second-order valence-corrected chi connectivity index (χ2v) is 6.84. The van der Waals surface area contributed by atoms with Crippen molar-refractivity contribution in [3.05, 3.63) is 51.7 Å². The average Bonchev–Trinajstić information content (AvgIpc) is 2.60. The predicted octanol–water partition coefficient (Wildman–Crippen LogP) is 2.19. The molecule has 1 aromatic heterocycles. The fourth-order valence-electron chi connectivity index (χ4n) is 3.23. The highest BCUT2D eigenvalue weighted by molar-refractivity contribution is 5.53. The molecule has 2 heterocycles. The van der Waals surface area contributed by atoms with E-state index < -0.39 is 4.92 Å². The lowest BCUT2D eigenvalue weighted by atomic mass is 10.1. The summed E-state index contributed by atoms with van der Waals surface area (Å²) in [6, 6.07) is 8.30. The van der Waals surface area contributed by atoms with Crippen LogP contribution in [0.5, 0.6) is 0 Å². The monoisotopic (exact) mass is 372 g/mol. The van der Waals surface area contributed by atoms with Crippen LogP contribution in [0.2, 0.25) is 0 Å². The summed E-state index contributed by atoms with van der Waals surface area (Å²) in [4.78, 5) is 20.4. The summed E-state index contributed by atoms with van der Waals surface area (Å²) in [6.45, 7) is 7.48. The first kappa shape index (κ1) is 19.0. The number of morpholine rings is 1. The molecule has 0 bridgehead atoms. The maximum absolute atomic E-state index is 10.7. The third kappa shape index (κ3) is 5.11. The van der Waals surface area contributed by atoms with Crippen LogP contribution >= 0.6 is 0 Å². The normalized spacial score (nSPS) is 20.4. The van der Waals surface area contributed by atoms with Gasteiger partial charge in [-0.15, -0.1) is 0 Å². The van der Waals surface area contributed by atoms with Crippen LogP contribution in [0.1, 0.15) is 25.0 Å². The van der Waals surface area contributed by atoms with E-state index in [2.05, 4.69) is 46.2 Å². The number of anilines is 2. The molecular formula is C18H24N6O3. The summed E-state index contributed by atoms with van der Waals surface area (Å²) < 4.78 is 5.77. The second kappa shape index (κ2) is 8.28. The number of hydrogen-bond donors (Lipinski definition) is 2. The van der Waals surface area contributed by atoms with Crippen LogP contribution in [0.15, 0.2) is 30.5 Å². The van der Waals surface area contributed by atoms with E-state index >= 15 is 0 Å². The van der Waals surface area contributed by atoms with Gasteiger partial charge < -0.3 is 15.8 Å². The number of ether oxygens (including phenoxy) is 1. The molecule has 144 valence electrons. The van der Waals surface area contributed by atoms with E-state index in [1.54, 1.807) is 0 Å². The Morgan fingerprint density at radius 2 is 1.89 bits per heavy atom. The van der Waals surface area contributed by atoms with Gasteiger partial charge in [-0.05, 0) is 25.0 Å². The number of nitrogen functional groups attached to an aromatic ring is 1. The van der Waals surface area contributed by atoms with Crippen LogP contribution in [0.25, 0.3) is 0 Å². The lowest BCUT2D eigenvalue weighted by molar-refractivity contribution is -0.384. The largest absolute Gasteiger partial charge is 0.378 e. The fourth-order valence-corrected chi connectivity index (χ4v) is 3.23. The minimum atomic E-state index is -0.603. The molecule has 3 N–H and O–H groups in total. The molecule has 2 unspecified atom stereocenters.